The van der Waals surface area contributed by atoms with Gasteiger partial charge in [0.1, 0.15) is 6.10 Å². The molecule has 0 radical (unpaired) electrons. The molecule has 0 aromatic rings. The molecule has 34 heavy (non-hydrogen) atoms. The number of hydrogen-bond donors (Lipinski definition) is 2. The van der Waals surface area contributed by atoms with E-state index >= 15 is 0 Å². The van der Waals surface area contributed by atoms with Crippen LogP contribution in [0.15, 0.2) is 12.2 Å². The molecule has 1 aliphatic heterocycles. The molecule has 8 heteroatoms. The van der Waals surface area contributed by atoms with Gasteiger partial charge < -0.3 is 24.4 Å². The van der Waals surface area contributed by atoms with Gasteiger partial charge in [0.2, 0.25) is 0 Å². The van der Waals surface area contributed by atoms with Crippen LogP contribution in [0, 0.1) is 11.8 Å². The first-order valence-corrected chi connectivity index (χ1v) is 13.0. The van der Waals surface area contributed by atoms with Crippen LogP contribution in [0.3, 0.4) is 0 Å². The molecule has 6 nitrogen and oxygen atoms in total. The van der Waals surface area contributed by atoms with Crippen molar-refractivity contribution in [3.8, 4) is 0 Å². The molecular weight excluding hydrogens is 446 g/mol. The van der Waals surface area contributed by atoms with Crippen molar-refractivity contribution in [2.75, 3.05) is 13.7 Å². The van der Waals surface area contributed by atoms with Crippen molar-refractivity contribution in [1.82, 2.24) is 0 Å². The molecule has 1 saturated heterocycles. The fraction of sp³-hybridized carbons (Fsp3) is 0.885. The molecule has 1 heterocycles. The Bertz CT molecular complexity index is 608. The molecule has 198 valence electrons. The summed E-state index contributed by atoms with van der Waals surface area (Å²) in [6, 6.07) is 0. The molecule has 2 fully saturated rings. The standard InChI is InChI=1S/C26H44F2O6/c1-3-16-26(27,28)23(30)13-10-12-20-19(11-6-4-5-7-14-24(31)32-2)21(29)18-22(20)34-25-15-8-9-17-33-25/h4,6,19-23,25,29-30H,3,5,7-18H2,1-2H3/t19-,20-,21+,22-,23-,25+/m1/s1. The number of alkyl halides is 2. The van der Waals surface area contributed by atoms with Gasteiger partial charge in [-0.1, -0.05) is 31.9 Å². The third-order valence-corrected chi connectivity index (χ3v) is 7.10. The van der Waals surface area contributed by atoms with E-state index in [2.05, 4.69) is 4.74 Å². The zero-order chi connectivity index (χ0) is 25.0. The fourth-order valence-corrected chi connectivity index (χ4v) is 5.15. The monoisotopic (exact) mass is 490 g/mol. The van der Waals surface area contributed by atoms with Gasteiger partial charge >= 0.3 is 5.97 Å². The highest BCUT2D eigenvalue weighted by Gasteiger charge is 2.44. The van der Waals surface area contributed by atoms with Crippen molar-refractivity contribution in [1.29, 1.82) is 0 Å². The molecule has 0 bridgehead atoms. The van der Waals surface area contributed by atoms with Crippen molar-refractivity contribution in [2.24, 2.45) is 11.8 Å². The average molecular weight is 491 g/mol. The molecule has 0 aromatic heterocycles. The van der Waals surface area contributed by atoms with E-state index in [-0.39, 0.29) is 43.0 Å². The van der Waals surface area contributed by atoms with Crippen LogP contribution in [0.4, 0.5) is 8.78 Å². The number of carbonyl (C=O) groups is 1. The van der Waals surface area contributed by atoms with Crippen LogP contribution in [0.2, 0.25) is 0 Å². The minimum Gasteiger partial charge on any atom is -0.469 e. The number of ether oxygens (including phenoxy) is 3. The summed E-state index contributed by atoms with van der Waals surface area (Å²) in [7, 11) is 1.38. The maximum absolute atomic E-state index is 14.0. The zero-order valence-corrected chi connectivity index (χ0v) is 20.8. The molecular formula is C26H44F2O6. The lowest BCUT2D eigenvalue weighted by Crippen LogP contribution is -2.34. The second-order valence-corrected chi connectivity index (χ2v) is 9.73. The van der Waals surface area contributed by atoms with Crippen molar-refractivity contribution in [3.63, 3.8) is 0 Å². The summed E-state index contributed by atoms with van der Waals surface area (Å²) in [5.41, 5.74) is 0. The molecule has 0 spiro atoms. The Balaban J connectivity index is 1.93. The van der Waals surface area contributed by atoms with Crippen LogP contribution in [0.5, 0.6) is 0 Å². The maximum Gasteiger partial charge on any atom is 0.305 e. The highest BCUT2D eigenvalue weighted by Crippen LogP contribution is 2.41. The summed E-state index contributed by atoms with van der Waals surface area (Å²) in [6.07, 6.45) is 8.35. The van der Waals surface area contributed by atoms with Crippen LogP contribution < -0.4 is 0 Å². The number of hydrogen-bond acceptors (Lipinski definition) is 6. The van der Waals surface area contributed by atoms with Crippen LogP contribution in [-0.2, 0) is 19.0 Å². The third-order valence-electron chi connectivity index (χ3n) is 7.10. The highest BCUT2D eigenvalue weighted by molar-refractivity contribution is 5.69. The summed E-state index contributed by atoms with van der Waals surface area (Å²) < 4.78 is 44.6. The first kappa shape index (κ1) is 29.1. The van der Waals surface area contributed by atoms with Crippen LogP contribution in [-0.4, -0.2) is 60.4 Å². The summed E-state index contributed by atoms with van der Waals surface area (Å²) in [5, 5.41) is 20.8. The lowest BCUT2D eigenvalue weighted by Gasteiger charge is -2.31. The number of aliphatic hydroxyl groups excluding tert-OH is 2. The van der Waals surface area contributed by atoms with E-state index in [1.54, 1.807) is 6.92 Å². The van der Waals surface area contributed by atoms with Gasteiger partial charge in [-0.3, -0.25) is 4.79 Å². The number of halogens is 2. The molecule has 6 atom stereocenters. The molecule has 0 unspecified atom stereocenters. The van der Waals surface area contributed by atoms with E-state index in [0.717, 1.165) is 25.7 Å². The zero-order valence-electron chi connectivity index (χ0n) is 20.8. The average Bonchev–Trinajstić information content (AvgIpc) is 3.10. The second-order valence-electron chi connectivity index (χ2n) is 9.73. The van der Waals surface area contributed by atoms with Gasteiger partial charge in [-0.2, -0.15) is 0 Å². The Morgan fingerprint density at radius 3 is 2.71 bits per heavy atom. The van der Waals surface area contributed by atoms with Gasteiger partial charge in [0.05, 0.1) is 19.3 Å². The summed E-state index contributed by atoms with van der Waals surface area (Å²) >= 11 is 0. The Morgan fingerprint density at radius 1 is 1.24 bits per heavy atom. The lowest BCUT2D eigenvalue weighted by atomic mass is 9.85. The van der Waals surface area contributed by atoms with Crippen LogP contribution in [0.25, 0.3) is 0 Å². The van der Waals surface area contributed by atoms with Gasteiger partial charge in [0.25, 0.3) is 5.92 Å². The Hall–Kier alpha value is -1.09. The predicted molar refractivity (Wildman–Crippen MR) is 125 cm³/mol. The lowest BCUT2D eigenvalue weighted by molar-refractivity contribution is -0.196. The number of aliphatic hydroxyl groups is 2. The topological polar surface area (TPSA) is 85.2 Å². The first-order valence-electron chi connectivity index (χ1n) is 13.0. The first-order chi connectivity index (χ1) is 16.3. The van der Waals surface area contributed by atoms with Crippen LogP contribution >= 0.6 is 0 Å². The second kappa shape index (κ2) is 15.1. The van der Waals surface area contributed by atoms with E-state index in [1.165, 1.54) is 7.11 Å². The number of rotatable bonds is 15. The largest absolute Gasteiger partial charge is 0.469 e. The summed E-state index contributed by atoms with van der Waals surface area (Å²) in [6.45, 7) is 2.35. The van der Waals surface area contributed by atoms with E-state index in [0.29, 0.717) is 51.6 Å². The highest BCUT2D eigenvalue weighted by atomic mass is 19.3. The van der Waals surface area contributed by atoms with Gasteiger partial charge in [-0.25, -0.2) is 8.78 Å². The number of methoxy groups -OCH3 is 1. The minimum atomic E-state index is -3.07. The van der Waals surface area contributed by atoms with E-state index in [1.807, 2.05) is 12.2 Å². The normalized spacial score (nSPS) is 28.9. The molecule has 2 rings (SSSR count). The Kier molecular flexibility index (Phi) is 13.0. The third kappa shape index (κ3) is 9.51. The van der Waals surface area contributed by atoms with Gasteiger partial charge in [-0.15, -0.1) is 0 Å². The van der Waals surface area contributed by atoms with Crippen molar-refractivity contribution < 1.29 is 38.0 Å². The number of allylic oxidation sites excluding steroid dienone is 2. The molecule has 1 saturated carbocycles. The molecule has 1 aliphatic carbocycles. The van der Waals surface area contributed by atoms with Crippen molar-refractivity contribution >= 4 is 5.97 Å². The van der Waals surface area contributed by atoms with Crippen molar-refractivity contribution in [2.45, 2.75) is 121 Å². The number of carbonyl (C=O) groups excluding carboxylic acids is 1. The number of unbranched alkanes of at least 4 members (excludes halogenated alkanes) is 1. The fourth-order valence-electron chi connectivity index (χ4n) is 5.15. The summed E-state index contributed by atoms with van der Waals surface area (Å²) in [4.78, 5) is 11.2. The SMILES string of the molecule is CCCC(F)(F)[C@H](O)CCC[C@@H]1[C@@H](CC=CCCCC(=O)OC)[C@@H](O)C[C@H]1O[C@H]1CCCCO1. The summed E-state index contributed by atoms with van der Waals surface area (Å²) in [5.74, 6) is -3.33. The van der Waals surface area contributed by atoms with Gasteiger partial charge in [-0.05, 0) is 63.2 Å². The quantitative estimate of drug-likeness (QED) is 0.188. The van der Waals surface area contributed by atoms with E-state index < -0.39 is 18.1 Å². The van der Waals surface area contributed by atoms with Crippen LogP contribution in [0.1, 0.15) is 90.4 Å². The number of esters is 1. The minimum absolute atomic E-state index is 0.00671. The van der Waals surface area contributed by atoms with E-state index in [9.17, 15) is 23.8 Å². The van der Waals surface area contributed by atoms with E-state index in [4.69, 9.17) is 9.47 Å². The van der Waals surface area contributed by atoms with Gasteiger partial charge in [0, 0.05) is 25.9 Å². The predicted octanol–water partition coefficient (Wildman–Crippen LogP) is 5.15. The Morgan fingerprint density at radius 2 is 2.03 bits per heavy atom. The van der Waals surface area contributed by atoms with Crippen molar-refractivity contribution in [3.05, 3.63) is 12.2 Å². The Labute approximate surface area is 203 Å². The maximum atomic E-state index is 14.0. The van der Waals surface area contributed by atoms with Gasteiger partial charge in [0.15, 0.2) is 6.29 Å². The molecule has 0 aromatic carbocycles. The molecule has 2 N–H and O–H groups in total. The molecule has 0 amide bonds. The molecule has 2 aliphatic rings. The smallest absolute Gasteiger partial charge is 0.305 e.